The van der Waals surface area contributed by atoms with Crippen LogP contribution in [0.15, 0.2) is 22.7 Å². The maximum Gasteiger partial charge on any atom is 0.251 e. The van der Waals surface area contributed by atoms with Crippen molar-refractivity contribution in [1.29, 1.82) is 0 Å². The van der Waals surface area contributed by atoms with Crippen LogP contribution in [0.25, 0.3) is 0 Å². The minimum absolute atomic E-state index is 0.0638. The molecule has 0 saturated heterocycles. The Kier molecular flexibility index (Phi) is 4.07. The van der Waals surface area contributed by atoms with Crippen LogP contribution in [0.5, 0.6) is 0 Å². The molecule has 1 aromatic carbocycles. The van der Waals surface area contributed by atoms with Gasteiger partial charge in [0.25, 0.3) is 5.91 Å². The second-order valence-corrected chi connectivity index (χ2v) is 3.82. The SMILES string of the molecule is Cc1cc(Br)ccc1C(=O)NCCF. The van der Waals surface area contributed by atoms with E-state index in [9.17, 15) is 9.18 Å². The standard InChI is InChI=1S/C10H11BrFNO/c1-7-6-8(11)2-3-9(7)10(14)13-5-4-12/h2-3,6H,4-5H2,1H3,(H,13,14). The van der Waals surface area contributed by atoms with Gasteiger partial charge in [-0.05, 0) is 30.7 Å². The number of halogens is 2. The van der Waals surface area contributed by atoms with Crippen LogP contribution in [-0.4, -0.2) is 19.1 Å². The summed E-state index contributed by atoms with van der Waals surface area (Å²) in [5.41, 5.74) is 1.46. The Balaban J connectivity index is 2.80. The Morgan fingerprint density at radius 3 is 2.86 bits per heavy atom. The van der Waals surface area contributed by atoms with E-state index in [0.29, 0.717) is 5.56 Å². The molecule has 1 aromatic rings. The van der Waals surface area contributed by atoms with Crippen molar-refractivity contribution >= 4 is 21.8 Å². The third-order valence-corrected chi connectivity index (χ3v) is 2.31. The van der Waals surface area contributed by atoms with Crippen molar-refractivity contribution < 1.29 is 9.18 Å². The van der Waals surface area contributed by atoms with Gasteiger partial charge in [0.2, 0.25) is 0 Å². The second-order valence-electron chi connectivity index (χ2n) is 2.90. The summed E-state index contributed by atoms with van der Waals surface area (Å²) in [6.45, 7) is 1.37. The summed E-state index contributed by atoms with van der Waals surface area (Å²) in [6.07, 6.45) is 0. The van der Waals surface area contributed by atoms with Crippen molar-refractivity contribution in [3.8, 4) is 0 Å². The smallest absolute Gasteiger partial charge is 0.251 e. The first-order valence-electron chi connectivity index (χ1n) is 4.25. The number of carbonyl (C=O) groups excluding carboxylic acids is 1. The topological polar surface area (TPSA) is 29.1 Å². The maximum absolute atomic E-state index is 11.8. The fourth-order valence-electron chi connectivity index (χ4n) is 1.14. The van der Waals surface area contributed by atoms with Crippen LogP contribution in [0.4, 0.5) is 4.39 Å². The molecule has 0 aromatic heterocycles. The van der Waals surface area contributed by atoms with Gasteiger partial charge in [0.05, 0.1) is 0 Å². The molecule has 0 radical (unpaired) electrons. The van der Waals surface area contributed by atoms with Gasteiger partial charge in [-0.3, -0.25) is 4.79 Å². The van der Waals surface area contributed by atoms with Crippen molar-refractivity contribution in [2.24, 2.45) is 0 Å². The van der Waals surface area contributed by atoms with Crippen molar-refractivity contribution in [3.63, 3.8) is 0 Å². The number of amides is 1. The zero-order valence-electron chi connectivity index (χ0n) is 7.81. The first-order chi connectivity index (χ1) is 6.65. The monoisotopic (exact) mass is 259 g/mol. The van der Waals surface area contributed by atoms with Gasteiger partial charge in [0.1, 0.15) is 6.67 Å². The molecule has 0 fully saturated rings. The van der Waals surface area contributed by atoms with Gasteiger partial charge in [-0.25, -0.2) is 4.39 Å². The minimum atomic E-state index is -0.540. The predicted molar refractivity (Wildman–Crippen MR) is 57.2 cm³/mol. The molecule has 0 heterocycles. The average Bonchev–Trinajstić information content (AvgIpc) is 2.14. The van der Waals surface area contributed by atoms with E-state index in [0.717, 1.165) is 10.0 Å². The highest BCUT2D eigenvalue weighted by atomic mass is 79.9. The van der Waals surface area contributed by atoms with Crippen LogP contribution in [0, 0.1) is 6.92 Å². The molecule has 0 unspecified atom stereocenters. The van der Waals surface area contributed by atoms with E-state index >= 15 is 0 Å². The van der Waals surface area contributed by atoms with Crippen molar-refractivity contribution in [2.45, 2.75) is 6.92 Å². The van der Waals surface area contributed by atoms with Crippen LogP contribution in [-0.2, 0) is 0 Å². The lowest BCUT2D eigenvalue weighted by Crippen LogP contribution is -2.26. The Hall–Kier alpha value is -0.900. The summed E-state index contributed by atoms with van der Waals surface area (Å²) >= 11 is 3.31. The van der Waals surface area contributed by atoms with Gasteiger partial charge in [0, 0.05) is 16.6 Å². The maximum atomic E-state index is 11.8. The molecular weight excluding hydrogens is 249 g/mol. The first-order valence-corrected chi connectivity index (χ1v) is 5.04. The molecule has 4 heteroatoms. The average molecular weight is 260 g/mol. The van der Waals surface area contributed by atoms with E-state index in [1.165, 1.54) is 0 Å². The number of nitrogens with one attached hydrogen (secondary N) is 1. The Bertz CT molecular complexity index is 341. The third-order valence-electron chi connectivity index (χ3n) is 1.81. The van der Waals surface area contributed by atoms with E-state index < -0.39 is 6.67 Å². The van der Waals surface area contributed by atoms with E-state index in [2.05, 4.69) is 21.2 Å². The van der Waals surface area contributed by atoms with E-state index in [4.69, 9.17) is 0 Å². The third kappa shape index (κ3) is 2.80. The van der Waals surface area contributed by atoms with Gasteiger partial charge in [-0.1, -0.05) is 15.9 Å². The molecule has 1 amide bonds. The molecule has 0 bridgehead atoms. The fourth-order valence-corrected chi connectivity index (χ4v) is 1.61. The molecular formula is C10H11BrFNO. The highest BCUT2D eigenvalue weighted by Crippen LogP contribution is 2.15. The molecule has 14 heavy (non-hydrogen) atoms. The van der Waals surface area contributed by atoms with Crippen molar-refractivity contribution in [2.75, 3.05) is 13.2 Å². The zero-order valence-corrected chi connectivity index (χ0v) is 9.40. The molecule has 0 saturated carbocycles. The quantitative estimate of drug-likeness (QED) is 0.888. The van der Waals surface area contributed by atoms with Crippen LogP contribution in [0.3, 0.4) is 0 Å². The lowest BCUT2D eigenvalue weighted by molar-refractivity contribution is 0.0950. The van der Waals surface area contributed by atoms with Crippen LogP contribution in [0.2, 0.25) is 0 Å². The number of benzene rings is 1. The Labute approximate surface area is 90.6 Å². The lowest BCUT2D eigenvalue weighted by Gasteiger charge is -2.06. The highest BCUT2D eigenvalue weighted by Gasteiger charge is 2.07. The number of alkyl halides is 1. The van der Waals surface area contributed by atoms with Gasteiger partial charge < -0.3 is 5.32 Å². The van der Waals surface area contributed by atoms with Gasteiger partial charge in [-0.2, -0.15) is 0 Å². The molecule has 0 atom stereocenters. The summed E-state index contributed by atoms with van der Waals surface area (Å²) in [5, 5.41) is 2.48. The number of hydrogen-bond donors (Lipinski definition) is 1. The molecule has 2 nitrogen and oxygen atoms in total. The zero-order chi connectivity index (χ0) is 10.6. The van der Waals surface area contributed by atoms with Crippen LogP contribution >= 0.6 is 15.9 Å². The summed E-state index contributed by atoms with van der Waals surface area (Å²) < 4.78 is 12.7. The molecule has 76 valence electrons. The molecule has 1 rings (SSSR count). The fraction of sp³-hybridized carbons (Fsp3) is 0.300. The number of aryl methyl sites for hydroxylation is 1. The number of rotatable bonds is 3. The molecule has 0 aliphatic carbocycles. The summed E-state index contributed by atoms with van der Waals surface area (Å²) in [4.78, 5) is 11.4. The van der Waals surface area contributed by atoms with Gasteiger partial charge >= 0.3 is 0 Å². The minimum Gasteiger partial charge on any atom is -0.349 e. The van der Waals surface area contributed by atoms with Crippen LogP contribution < -0.4 is 5.32 Å². The Morgan fingerprint density at radius 1 is 1.57 bits per heavy atom. The van der Waals surface area contributed by atoms with Gasteiger partial charge in [0.15, 0.2) is 0 Å². The number of carbonyl (C=O) groups is 1. The summed E-state index contributed by atoms with van der Waals surface area (Å²) in [7, 11) is 0. The van der Waals surface area contributed by atoms with E-state index in [-0.39, 0.29) is 12.5 Å². The predicted octanol–water partition coefficient (Wildman–Crippen LogP) is 2.46. The lowest BCUT2D eigenvalue weighted by atomic mass is 10.1. The van der Waals surface area contributed by atoms with Crippen molar-refractivity contribution in [3.05, 3.63) is 33.8 Å². The van der Waals surface area contributed by atoms with E-state index in [1.807, 2.05) is 13.0 Å². The highest BCUT2D eigenvalue weighted by molar-refractivity contribution is 9.10. The van der Waals surface area contributed by atoms with Gasteiger partial charge in [-0.15, -0.1) is 0 Å². The summed E-state index contributed by atoms with van der Waals surface area (Å²) in [5.74, 6) is -0.229. The van der Waals surface area contributed by atoms with Crippen molar-refractivity contribution in [1.82, 2.24) is 5.32 Å². The number of hydrogen-bond acceptors (Lipinski definition) is 1. The molecule has 1 N–H and O–H groups in total. The summed E-state index contributed by atoms with van der Waals surface area (Å²) in [6, 6.07) is 5.36. The van der Waals surface area contributed by atoms with Crippen LogP contribution in [0.1, 0.15) is 15.9 Å². The first kappa shape index (κ1) is 11.2. The molecule has 0 aliphatic rings. The normalized spacial score (nSPS) is 9.93. The second kappa shape index (κ2) is 5.10. The largest absolute Gasteiger partial charge is 0.349 e. The molecule has 0 aliphatic heterocycles. The van der Waals surface area contributed by atoms with E-state index in [1.54, 1.807) is 12.1 Å². The molecule has 0 spiro atoms. The Morgan fingerprint density at radius 2 is 2.29 bits per heavy atom.